The van der Waals surface area contributed by atoms with E-state index in [0.29, 0.717) is 5.75 Å². The molecule has 10 heteroatoms. The molecule has 0 saturated heterocycles. The van der Waals surface area contributed by atoms with Crippen molar-refractivity contribution in [2.24, 2.45) is 0 Å². The van der Waals surface area contributed by atoms with E-state index in [1.165, 1.54) is 50.6 Å². The van der Waals surface area contributed by atoms with Gasteiger partial charge in [0.05, 0.1) is 14.2 Å². The van der Waals surface area contributed by atoms with Crippen molar-refractivity contribution in [1.29, 1.82) is 0 Å². The fourth-order valence-electron chi connectivity index (χ4n) is 2.01. The van der Waals surface area contributed by atoms with Crippen LogP contribution in [0.15, 0.2) is 47.4 Å². The summed E-state index contributed by atoms with van der Waals surface area (Å²) in [5.74, 6) is -1.07. The number of carbonyl (C=O) groups excluding carboxylic acids is 1. The zero-order valence-corrected chi connectivity index (χ0v) is 15.9. The molecule has 144 valence electrons. The van der Waals surface area contributed by atoms with Crippen LogP contribution in [-0.4, -0.2) is 28.5 Å². The molecule has 0 aliphatic carbocycles. The average Bonchev–Trinajstić information content (AvgIpc) is 2.65. The van der Waals surface area contributed by atoms with Gasteiger partial charge in [-0.15, -0.1) is 4.83 Å². The fraction of sp³-hybridized carbons (Fsp3) is 0.118. The first kappa shape index (κ1) is 20.7. The SMILES string of the molecule is COc1ccc(OC)c(S(=O)(=O)NNC(=O)/C=C\c2ccc(Cl)cc2F)c1. The maximum atomic E-state index is 13.6. The van der Waals surface area contributed by atoms with Gasteiger partial charge in [-0.3, -0.25) is 10.2 Å². The molecular weight excluding hydrogens is 399 g/mol. The molecule has 7 nitrogen and oxygen atoms in total. The number of hydrogen-bond acceptors (Lipinski definition) is 5. The van der Waals surface area contributed by atoms with Gasteiger partial charge in [-0.2, -0.15) is 0 Å². The number of benzene rings is 2. The lowest BCUT2D eigenvalue weighted by atomic mass is 10.2. The van der Waals surface area contributed by atoms with Crippen molar-refractivity contribution in [3.8, 4) is 11.5 Å². The Morgan fingerprint density at radius 3 is 2.52 bits per heavy atom. The average molecular weight is 415 g/mol. The van der Waals surface area contributed by atoms with Gasteiger partial charge < -0.3 is 9.47 Å². The van der Waals surface area contributed by atoms with Crippen LogP contribution in [0, 0.1) is 5.82 Å². The van der Waals surface area contributed by atoms with E-state index in [0.717, 1.165) is 12.1 Å². The molecule has 0 aromatic heterocycles. The molecule has 0 radical (unpaired) electrons. The normalized spacial score (nSPS) is 11.4. The molecule has 2 N–H and O–H groups in total. The topological polar surface area (TPSA) is 93.7 Å². The smallest absolute Gasteiger partial charge is 0.261 e. The highest BCUT2D eigenvalue weighted by Crippen LogP contribution is 2.27. The van der Waals surface area contributed by atoms with Crippen molar-refractivity contribution >= 4 is 33.6 Å². The van der Waals surface area contributed by atoms with E-state index in [2.05, 4.69) is 0 Å². The highest BCUT2D eigenvalue weighted by Gasteiger charge is 2.21. The minimum Gasteiger partial charge on any atom is -0.497 e. The summed E-state index contributed by atoms with van der Waals surface area (Å²) < 4.78 is 48.4. The molecule has 0 saturated carbocycles. The van der Waals surface area contributed by atoms with Gasteiger partial charge in [0, 0.05) is 22.7 Å². The summed E-state index contributed by atoms with van der Waals surface area (Å²) in [5.41, 5.74) is 2.12. The second kappa shape index (κ2) is 8.85. The molecule has 0 aliphatic rings. The first-order chi connectivity index (χ1) is 12.8. The van der Waals surface area contributed by atoms with E-state index in [-0.39, 0.29) is 21.2 Å². The van der Waals surface area contributed by atoms with E-state index in [1.807, 2.05) is 10.3 Å². The molecule has 1 amide bonds. The van der Waals surface area contributed by atoms with Gasteiger partial charge >= 0.3 is 0 Å². The maximum Gasteiger partial charge on any atom is 0.261 e. The predicted octanol–water partition coefficient (Wildman–Crippen LogP) is 2.52. The summed E-state index contributed by atoms with van der Waals surface area (Å²) in [6.45, 7) is 0. The third-order valence-corrected chi connectivity index (χ3v) is 4.85. The van der Waals surface area contributed by atoms with Gasteiger partial charge in [0.15, 0.2) is 0 Å². The first-order valence-electron chi connectivity index (χ1n) is 7.44. The van der Waals surface area contributed by atoms with Crippen LogP contribution < -0.4 is 19.7 Å². The molecule has 27 heavy (non-hydrogen) atoms. The summed E-state index contributed by atoms with van der Waals surface area (Å²) in [5, 5.41) is 0.217. The van der Waals surface area contributed by atoms with Crippen molar-refractivity contribution in [2.75, 3.05) is 14.2 Å². The Kier molecular flexibility index (Phi) is 6.78. The first-order valence-corrected chi connectivity index (χ1v) is 9.30. The van der Waals surface area contributed by atoms with Crippen LogP contribution in [0.5, 0.6) is 11.5 Å². The second-order valence-corrected chi connectivity index (χ2v) is 7.20. The molecule has 2 rings (SSSR count). The number of methoxy groups -OCH3 is 2. The number of ether oxygens (including phenoxy) is 2. The number of halogens is 2. The van der Waals surface area contributed by atoms with E-state index in [9.17, 15) is 17.6 Å². The number of hydrogen-bond donors (Lipinski definition) is 2. The highest BCUT2D eigenvalue weighted by atomic mass is 35.5. The van der Waals surface area contributed by atoms with Crippen LogP contribution in [-0.2, 0) is 14.8 Å². The number of sulfonamides is 1. The van der Waals surface area contributed by atoms with Crippen molar-refractivity contribution in [1.82, 2.24) is 10.3 Å². The van der Waals surface area contributed by atoms with Gasteiger partial charge in [0.25, 0.3) is 15.9 Å². The summed E-state index contributed by atoms with van der Waals surface area (Å²) in [7, 11) is -1.45. The molecular formula is C17H16ClFN2O5S. The molecule has 0 fully saturated rings. The number of hydrazine groups is 1. The molecule has 0 atom stereocenters. The lowest BCUT2D eigenvalue weighted by molar-refractivity contribution is -0.116. The molecule has 0 unspecified atom stereocenters. The van der Waals surface area contributed by atoms with Crippen LogP contribution >= 0.6 is 11.6 Å². The van der Waals surface area contributed by atoms with E-state index in [4.69, 9.17) is 21.1 Å². The van der Waals surface area contributed by atoms with Crippen LogP contribution in [0.1, 0.15) is 5.56 Å². The molecule has 0 spiro atoms. The molecule has 0 aliphatic heterocycles. The Hall–Kier alpha value is -2.62. The quantitative estimate of drug-likeness (QED) is 0.536. The van der Waals surface area contributed by atoms with E-state index in [1.54, 1.807) is 0 Å². The Balaban J connectivity index is 2.10. The van der Waals surface area contributed by atoms with Crippen LogP contribution in [0.3, 0.4) is 0 Å². The zero-order valence-electron chi connectivity index (χ0n) is 14.3. The summed E-state index contributed by atoms with van der Waals surface area (Å²) in [6, 6.07) is 8.12. The van der Waals surface area contributed by atoms with Crippen molar-refractivity contribution in [2.45, 2.75) is 4.90 Å². The maximum absolute atomic E-state index is 13.6. The van der Waals surface area contributed by atoms with Crippen molar-refractivity contribution in [3.63, 3.8) is 0 Å². The van der Waals surface area contributed by atoms with Gasteiger partial charge in [0.2, 0.25) is 0 Å². The summed E-state index contributed by atoms with van der Waals surface area (Å²) in [4.78, 5) is 13.5. The minimum absolute atomic E-state index is 0.0660. The standard InChI is InChI=1S/C17H16ClFN2O5S/c1-25-13-6-7-15(26-2)16(10-13)27(23,24)21-20-17(22)8-4-11-3-5-12(18)9-14(11)19/h3-10,21H,1-2H3,(H,20,22)/b8-4-. The van der Waals surface area contributed by atoms with Crippen molar-refractivity contribution in [3.05, 3.63) is 58.9 Å². The zero-order chi connectivity index (χ0) is 20.0. The lowest BCUT2D eigenvalue weighted by Gasteiger charge is -2.12. The lowest BCUT2D eigenvalue weighted by Crippen LogP contribution is -2.40. The van der Waals surface area contributed by atoms with Crippen molar-refractivity contribution < 1.29 is 27.1 Å². The number of nitrogens with one attached hydrogen (secondary N) is 2. The minimum atomic E-state index is -4.14. The van der Waals surface area contributed by atoms with Gasteiger partial charge in [-0.05, 0) is 30.3 Å². The van der Waals surface area contributed by atoms with Crippen LogP contribution in [0.25, 0.3) is 6.08 Å². The fourth-order valence-corrected chi connectivity index (χ4v) is 3.20. The van der Waals surface area contributed by atoms with Gasteiger partial charge in [-0.1, -0.05) is 17.7 Å². The Morgan fingerprint density at radius 2 is 1.89 bits per heavy atom. The molecule has 0 heterocycles. The third-order valence-electron chi connectivity index (χ3n) is 3.35. The largest absolute Gasteiger partial charge is 0.497 e. The highest BCUT2D eigenvalue weighted by molar-refractivity contribution is 7.89. The molecule has 0 bridgehead atoms. The Labute approximate surface area is 160 Å². The van der Waals surface area contributed by atoms with Gasteiger partial charge in [0.1, 0.15) is 22.2 Å². The predicted molar refractivity (Wildman–Crippen MR) is 98.5 cm³/mol. The van der Waals surface area contributed by atoms with E-state index < -0.39 is 21.7 Å². The van der Waals surface area contributed by atoms with E-state index >= 15 is 0 Å². The Bertz CT molecular complexity index is 979. The number of rotatable bonds is 7. The molecule has 2 aromatic carbocycles. The van der Waals surface area contributed by atoms with Crippen LogP contribution in [0.2, 0.25) is 5.02 Å². The van der Waals surface area contributed by atoms with Gasteiger partial charge in [-0.25, -0.2) is 12.8 Å². The number of amides is 1. The third kappa shape index (κ3) is 5.43. The summed E-state index contributed by atoms with van der Waals surface area (Å²) in [6.07, 6.45) is 2.15. The molecule has 2 aromatic rings. The number of carbonyl (C=O) groups is 1. The Morgan fingerprint density at radius 1 is 1.15 bits per heavy atom. The summed E-state index contributed by atoms with van der Waals surface area (Å²) >= 11 is 5.64. The second-order valence-electron chi connectivity index (χ2n) is 5.11. The van der Waals surface area contributed by atoms with Crippen LogP contribution in [0.4, 0.5) is 4.39 Å². The monoisotopic (exact) mass is 414 g/mol.